The Morgan fingerprint density at radius 3 is 2.64 bits per heavy atom. The molecule has 1 aromatic rings. The Balaban J connectivity index is 0.000000276. The molecule has 0 saturated carbocycles. The molecule has 1 aromatic carbocycles. The minimum atomic E-state index is 0.941. The van der Waals surface area contributed by atoms with Gasteiger partial charge in [0.2, 0.25) is 0 Å². The highest BCUT2D eigenvalue weighted by molar-refractivity contribution is 7.97. The van der Waals surface area contributed by atoms with Gasteiger partial charge in [-0.2, -0.15) is 11.8 Å². The molecule has 14 heavy (non-hydrogen) atoms. The molecule has 0 amide bonds. The van der Waals surface area contributed by atoms with Crippen molar-refractivity contribution in [1.82, 2.24) is 0 Å². The van der Waals surface area contributed by atoms with Gasteiger partial charge in [0.1, 0.15) is 5.75 Å². The molecule has 3 heteroatoms. The number of benzene rings is 1. The molecule has 2 nitrogen and oxygen atoms in total. The van der Waals surface area contributed by atoms with Gasteiger partial charge in [0, 0.05) is 5.75 Å². The molecule has 1 aliphatic rings. The molecule has 0 aliphatic carbocycles. The lowest BCUT2D eigenvalue weighted by atomic mass is 10.2. The Labute approximate surface area is 89.6 Å². The molecule has 0 aromatic heterocycles. The van der Waals surface area contributed by atoms with E-state index in [1.54, 1.807) is 7.11 Å². The first kappa shape index (κ1) is 11.4. The molecule has 0 bridgehead atoms. The van der Waals surface area contributed by atoms with E-state index in [0.29, 0.717) is 0 Å². The zero-order valence-corrected chi connectivity index (χ0v) is 9.47. The van der Waals surface area contributed by atoms with Crippen LogP contribution < -0.4 is 4.74 Å². The standard InChI is InChI=1S/C9H12OS.C2H4O/c1-10-9-5-3-4-8(6-9)7-11-2;1-2-3-1/h3-6H,7H2,1-2H3;1-2H2. The van der Waals surface area contributed by atoms with Crippen molar-refractivity contribution in [3.05, 3.63) is 29.8 Å². The zero-order valence-electron chi connectivity index (χ0n) is 8.66. The first-order valence-corrected chi connectivity index (χ1v) is 5.96. The number of ether oxygens (including phenoxy) is 2. The summed E-state index contributed by atoms with van der Waals surface area (Å²) >= 11 is 1.82. The normalized spacial score (nSPS) is 12.7. The summed E-state index contributed by atoms with van der Waals surface area (Å²) in [5.74, 6) is 1.99. The van der Waals surface area contributed by atoms with E-state index in [9.17, 15) is 0 Å². The van der Waals surface area contributed by atoms with Crippen molar-refractivity contribution in [2.24, 2.45) is 0 Å². The van der Waals surface area contributed by atoms with Crippen LogP contribution in [-0.4, -0.2) is 26.6 Å². The monoisotopic (exact) mass is 212 g/mol. The van der Waals surface area contributed by atoms with Gasteiger partial charge in [-0.25, -0.2) is 0 Å². The fraction of sp³-hybridized carbons (Fsp3) is 0.455. The minimum absolute atomic E-state index is 0.941. The van der Waals surface area contributed by atoms with Crippen LogP contribution in [0.3, 0.4) is 0 Å². The maximum absolute atomic E-state index is 5.09. The lowest BCUT2D eigenvalue weighted by Gasteiger charge is -2.01. The summed E-state index contributed by atoms with van der Waals surface area (Å²) in [4.78, 5) is 0. The average molecular weight is 212 g/mol. The van der Waals surface area contributed by atoms with E-state index < -0.39 is 0 Å². The lowest BCUT2D eigenvalue weighted by Crippen LogP contribution is -1.84. The van der Waals surface area contributed by atoms with Gasteiger partial charge in [-0.3, -0.25) is 0 Å². The minimum Gasteiger partial charge on any atom is -0.497 e. The first-order chi connectivity index (χ1) is 6.86. The molecule has 1 fully saturated rings. The number of hydrogen-bond acceptors (Lipinski definition) is 3. The molecule has 78 valence electrons. The van der Waals surface area contributed by atoms with Crippen LogP contribution in [0.1, 0.15) is 5.56 Å². The Morgan fingerprint density at radius 1 is 1.43 bits per heavy atom. The van der Waals surface area contributed by atoms with E-state index in [1.807, 2.05) is 23.9 Å². The second kappa shape index (κ2) is 6.74. The highest BCUT2D eigenvalue weighted by Crippen LogP contribution is 2.15. The summed E-state index contributed by atoms with van der Waals surface area (Å²) < 4.78 is 9.59. The first-order valence-electron chi connectivity index (χ1n) is 4.56. The van der Waals surface area contributed by atoms with Crippen LogP contribution in [0.15, 0.2) is 24.3 Å². The summed E-state index contributed by atoms with van der Waals surface area (Å²) in [6, 6.07) is 8.16. The Bertz CT molecular complexity index is 258. The van der Waals surface area contributed by atoms with Gasteiger partial charge in [0.05, 0.1) is 20.3 Å². The van der Waals surface area contributed by atoms with Crippen LogP contribution in [0.5, 0.6) is 5.75 Å². The number of methoxy groups -OCH3 is 1. The van der Waals surface area contributed by atoms with E-state index in [0.717, 1.165) is 24.7 Å². The highest BCUT2D eigenvalue weighted by atomic mass is 32.2. The fourth-order valence-corrected chi connectivity index (χ4v) is 1.44. The van der Waals surface area contributed by atoms with E-state index >= 15 is 0 Å². The molecular weight excluding hydrogens is 196 g/mol. The molecule has 1 saturated heterocycles. The van der Waals surface area contributed by atoms with Crippen molar-refractivity contribution in [1.29, 1.82) is 0 Å². The van der Waals surface area contributed by atoms with Crippen molar-refractivity contribution in [3.8, 4) is 5.75 Å². The van der Waals surface area contributed by atoms with Gasteiger partial charge < -0.3 is 9.47 Å². The maximum Gasteiger partial charge on any atom is 0.119 e. The van der Waals surface area contributed by atoms with Crippen LogP contribution in [-0.2, 0) is 10.5 Å². The average Bonchev–Trinajstić information content (AvgIpc) is 3.06. The third-order valence-electron chi connectivity index (χ3n) is 1.65. The van der Waals surface area contributed by atoms with Gasteiger partial charge in [-0.1, -0.05) is 12.1 Å². The van der Waals surface area contributed by atoms with Crippen molar-refractivity contribution in [3.63, 3.8) is 0 Å². The molecule has 0 spiro atoms. The summed E-state index contributed by atoms with van der Waals surface area (Å²) in [6.45, 7) is 2.00. The smallest absolute Gasteiger partial charge is 0.119 e. The molecule has 1 heterocycles. The van der Waals surface area contributed by atoms with E-state index in [1.165, 1.54) is 5.56 Å². The third-order valence-corrected chi connectivity index (χ3v) is 2.27. The van der Waals surface area contributed by atoms with Crippen LogP contribution in [0.2, 0.25) is 0 Å². The van der Waals surface area contributed by atoms with E-state index in [2.05, 4.69) is 23.1 Å². The van der Waals surface area contributed by atoms with Gasteiger partial charge in [-0.15, -0.1) is 0 Å². The summed E-state index contributed by atoms with van der Waals surface area (Å²) in [5, 5.41) is 0. The molecule has 0 atom stereocenters. The van der Waals surface area contributed by atoms with Crippen molar-refractivity contribution < 1.29 is 9.47 Å². The third kappa shape index (κ3) is 5.14. The van der Waals surface area contributed by atoms with Crippen molar-refractivity contribution in [2.75, 3.05) is 26.6 Å². The van der Waals surface area contributed by atoms with Gasteiger partial charge in [0.15, 0.2) is 0 Å². The van der Waals surface area contributed by atoms with Crippen molar-refractivity contribution >= 4 is 11.8 Å². The topological polar surface area (TPSA) is 21.8 Å². The second-order valence-corrected chi connectivity index (χ2v) is 3.76. The molecule has 1 aliphatic heterocycles. The molecule has 0 N–H and O–H groups in total. The largest absolute Gasteiger partial charge is 0.497 e. The number of thioether (sulfide) groups is 1. The SMILES string of the molecule is C1CO1.COc1cccc(CSC)c1. The maximum atomic E-state index is 5.09. The van der Waals surface area contributed by atoms with Gasteiger partial charge in [0.25, 0.3) is 0 Å². The molecule has 0 radical (unpaired) electrons. The Morgan fingerprint density at radius 2 is 2.14 bits per heavy atom. The van der Waals surface area contributed by atoms with Crippen LogP contribution >= 0.6 is 11.8 Å². The summed E-state index contributed by atoms with van der Waals surface area (Å²) in [7, 11) is 1.69. The molecule has 2 rings (SSSR count). The molecular formula is C11H16O2S. The predicted molar refractivity (Wildman–Crippen MR) is 61.0 cm³/mol. The summed E-state index contributed by atoms with van der Waals surface area (Å²) in [6.07, 6.45) is 2.10. The number of epoxide rings is 1. The fourth-order valence-electron chi connectivity index (χ4n) is 0.929. The second-order valence-electron chi connectivity index (χ2n) is 2.90. The molecule has 0 unspecified atom stereocenters. The van der Waals surface area contributed by atoms with E-state index in [-0.39, 0.29) is 0 Å². The Kier molecular flexibility index (Phi) is 5.49. The van der Waals surface area contributed by atoms with Crippen molar-refractivity contribution in [2.45, 2.75) is 5.75 Å². The predicted octanol–water partition coefficient (Wildman–Crippen LogP) is 2.57. The quantitative estimate of drug-likeness (QED) is 0.719. The number of hydrogen-bond donors (Lipinski definition) is 0. The van der Waals surface area contributed by atoms with Crippen LogP contribution in [0.4, 0.5) is 0 Å². The number of rotatable bonds is 3. The van der Waals surface area contributed by atoms with E-state index in [4.69, 9.17) is 4.74 Å². The Hall–Kier alpha value is -0.670. The lowest BCUT2D eigenvalue weighted by molar-refractivity contribution is 0.414. The zero-order chi connectivity index (χ0) is 10.2. The van der Waals surface area contributed by atoms with Gasteiger partial charge in [-0.05, 0) is 24.0 Å². The highest BCUT2D eigenvalue weighted by Gasteiger charge is 1.94. The van der Waals surface area contributed by atoms with Gasteiger partial charge >= 0.3 is 0 Å². The summed E-state index contributed by atoms with van der Waals surface area (Å²) in [5.41, 5.74) is 1.32. The van der Waals surface area contributed by atoms with Crippen LogP contribution in [0.25, 0.3) is 0 Å². The van der Waals surface area contributed by atoms with Crippen LogP contribution in [0, 0.1) is 0 Å².